The molecule has 0 spiro atoms. The second-order valence-corrected chi connectivity index (χ2v) is 10.1. The fourth-order valence-electron chi connectivity index (χ4n) is 4.67. The normalized spacial score (nSPS) is 19.4. The molecule has 1 atom stereocenters. The van der Waals surface area contributed by atoms with Crippen molar-refractivity contribution in [3.8, 4) is 0 Å². The minimum absolute atomic E-state index is 0.000607. The molecule has 10 heteroatoms. The van der Waals surface area contributed by atoms with E-state index in [1.165, 1.54) is 12.1 Å². The Labute approximate surface area is 208 Å². The van der Waals surface area contributed by atoms with Gasteiger partial charge in [-0.05, 0) is 53.9 Å². The van der Waals surface area contributed by atoms with Gasteiger partial charge in [-0.2, -0.15) is 0 Å². The molecule has 0 aromatic heterocycles. The Morgan fingerprint density at radius 2 is 1.54 bits per heavy atom. The van der Waals surface area contributed by atoms with E-state index < -0.39 is 11.0 Å². The van der Waals surface area contributed by atoms with Crippen LogP contribution in [0.3, 0.4) is 0 Å². The number of carbonyl (C=O) groups is 2. The van der Waals surface area contributed by atoms with Gasteiger partial charge in [-0.25, -0.2) is 4.79 Å². The summed E-state index contributed by atoms with van der Waals surface area (Å²) in [6.45, 7) is 4.10. The maximum atomic E-state index is 13.2. The molecule has 1 aliphatic heterocycles. The molecule has 1 unspecified atom stereocenters. The summed E-state index contributed by atoms with van der Waals surface area (Å²) >= 11 is 5.35. The maximum Gasteiger partial charge on any atom is 0.324 e. The summed E-state index contributed by atoms with van der Waals surface area (Å²) in [6.07, 6.45) is 1.11. The molecule has 35 heavy (non-hydrogen) atoms. The number of nitrogens with zero attached hydrogens (tertiary/aromatic N) is 3. The van der Waals surface area contributed by atoms with E-state index in [1.807, 2.05) is 38.1 Å². The van der Waals surface area contributed by atoms with Gasteiger partial charge in [-0.1, -0.05) is 26.0 Å². The van der Waals surface area contributed by atoms with Crippen LogP contribution in [0, 0.1) is 15.5 Å². The molecule has 9 nitrogen and oxygen atoms in total. The highest BCUT2D eigenvalue weighted by molar-refractivity contribution is 7.80. The monoisotopic (exact) mass is 493 g/mol. The summed E-state index contributed by atoms with van der Waals surface area (Å²) < 4.78 is 0. The van der Waals surface area contributed by atoms with Gasteiger partial charge in [-0.3, -0.25) is 14.9 Å². The molecule has 2 aromatic rings. The van der Waals surface area contributed by atoms with Gasteiger partial charge in [0.2, 0.25) is 0 Å². The van der Waals surface area contributed by atoms with Crippen LogP contribution in [0.15, 0.2) is 59.8 Å². The fraction of sp³-hybridized carbons (Fsp3) is 0.320. The number of amides is 2. The number of allylic oxidation sites excluding steroid dienone is 1. The van der Waals surface area contributed by atoms with Gasteiger partial charge < -0.3 is 20.4 Å². The quantitative estimate of drug-likeness (QED) is 0.347. The Balaban J connectivity index is 1.53. The Hall–Kier alpha value is -3.79. The van der Waals surface area contributed by atoms with Gasteiger partial charge >= 0.3 is 6.03 Å². The molecule has 0 fully saturated rings. The molecule has 2 N–H and O–H groups in total. The number of benzene rings is 2. The number of Topliss-reactive ketones (excluding diaryl/α,β-unsaturated/α-hetero) is 1. The third-order valence-electron chi connectivity index (χ3n) is 6.37. The highest BCUT2D eigenvalue weighted by Gasteiger charge is 2.45. The maximum absolute atomic E-state index is 13.2. The summed E-state index contributed by atoms with van der Waals surface area (Å²) in [7, 11) is 3.45. The topological polar surface area (TPSA) is 108 Å². The van der Waals surface area contributed by atoms with Crippen molar-refractivity contribution in [2.24, 2.45) is 5.41 Å². The average molecular weight is 494 g/mol. The number of non-ortho nitro benzene ring substituents is 1. The van der Waals surface area contributed by atoms with Crippen molar-refractivity contribution in [2.45, 2.75) is 32.7 Å². The number of carbonyl (C=O) groups excluding carboxylic acids is 2. The fourth-order valence-corrected chi connectivity index (χ4v) is 4.90. The number of hydrogen-bond acceptors (Lipinski definition) is 5. The van der Waals surface area contributed by atoms with Gasteiger partial charge in [0, 0.05) is 55.3 Å². The van der Waals surface area contributed by atoms with E-state index in [0.29, 0.717) is 29.2 Å². The molecule has 4 rings (SSSR count). The number of likely N-dealkylation sites (N-methyl/N-ethyl adjacent to an activating group) is 1. The highest BCUT2D eigenvalue weighted by Crippen LogP contribution is 2.46. The van der Waals surface area contributed by atoms with Crippen molar-refractivity contribution in [2.75, 3.05) is 24.7 Å². The van der Waals surface area contributed by atoms with Crippen molar-refractivity contribution in [3.05, 3.63) is 75.5 Å². The van der Waals surface area contributed by atoms with Crippen molar-refractivity contribution in [1.82, 2.24) is 9.80 Å². The Kier molecular flexibility index (Phi) is 6.33. The zero-order valence-corrected chi connectivity index (χ0v) is 20.8. The number of nitro benzene ring substituents is 1. The van der Waals surface area contributed by atoms with E-state index in [0.717, 1.165) is 16.9 Å². The number of rotatable bonds is 4. The first-order chi connectivity index (χ1) is 16.5. The third-order valence-corrected chi connectivity index (χ3v) is 6.58. The van der Waals surface area contributed by atoms with Crippen molar-refractivity contribution < 1.29 is 14.5 Å². The van der Waals surface area contributed by atoms with Gasteiger partial charge in [0.05, 0.1) is 11.0 Å². The van der Waals surface area contributed by atoms with Crippen molar-refractivity contribution in [1.29, 1.82) is 0 Å². The predicted molar refractivity (Wildman–Crippen MR) is 138 cm³/mol. The smallest absolute Gasteiger partial charge is 0.324 e. The first-order valence-corrected chi connectivity index (χ1v) is 11.6. The van der Waals surface area contributed by atoms with Crippen LogP contribution in [0.1, 0.15) is 38.3 Å². The summed E-state index contributed by atoms with van der Waals surface area (Å²) in [5.41, 5.74) is 3.48. The van der Waals surface area contributed by atoms with Gasteiger partial charge in [-0.15, -0.1) is 0 Å². The number of thiocarbonyl (C=S) groups is 1. The number of hydrogen-bond donors (Lipinski definition) is 2. The minimum Gasteiger partial charge on any atom is -0.332 e. The molecule has 0 saturated carbocycles. The van der Waals surface area contributed by atoms with Crippen LogP contribution in [0.25, 0.3) is 0 Å². The zero-order valence-electron chi connectivity index (χ0n) is 20.0. The SMILES string of the molecule is CN1C(=O)N(C)C(c2ccc(NC(=S)Nc3ccc([N+](=O)[O-])cc3)cc2)C2=C1CC(C)(C)CC2=O. The largest absolute Gasteiger partial charge is 0.332 e. The van der Waals surface area contributed by atoms with Gasteiger partial charge in [0.15, 0.2) is 10.9 Å². The second-order valence-electron chi connectivity index (χ2n) is 9.66. The van der Waals surface area contributed by atoms with E-state index in [4.69, 9.17) is 12.2 Å². The minimum atomic E-state index is -0.460. The lowest BCUT2D eigenvalue weighted by Gasteiger charge is -2.45. The first kappa shape index (κ1) is 24.3. The van der Waals surface area contributed by atoms with E-state index >= 15 is 0 Å². The molecule has 2 amide bonds. The molecule has 1 aliphatic carbocycles. The van der Waals surface area contributed by atoms with Crippen LogP contribution in [0.2, 0.25) is 0 Å². The lowest BCUT2D eigenvalue weighted by molar-refractivity contribution is -0.384. The van der Waals surface area contributed by atoms with Crippen molar-refractivity contribution in [3.63, 3.8) is 0 Å². The van der Waals surface area contributed by atoms with Crippen LogP contribution in [-0.2, 0) is 4.79 Å². The number of ketones is 1. The van der Waals surface area contributed by atoms with E-state index in [2.05, 4.69) is 10.6 Å². The van der Waals surface area contributed by atoms with Crippen LogP contribution in [0.5, 0.6) is 0 Å². The summed E-state index contributed by atoms with van der Waals surface area (Å²) in [5.74, 6) is 0.0723. The Morgan fingerprint density at radius 3 is 2.09 bits per heavy atom. The summed E-state index contributed by atoms with van der Waals surface area (Å²) in [6, 6.07) is 12.8. The number of anilines is 2. The van der Waals surface area contributed by atoms with Gasteiger partial charge in [0.1, 0.15) is 0 Å². The average Bonchev–Trinajstić information content (AvgIpc) is 2.79. The number of nitrogens with one attached hydrogen (secondary N) is 2. The van der Waals surface area contributed by atoms with Crippen molar-refractivity contribution >= 4 is 46.2 Å². The van der Waals surface area contributed by atoms with E-state index in [-0.39, 0.29) is 22.9 Å². The lowest BCUT2D eigenvalue weighted by Crippen LogP contribution is -2.50. The first-order valence-electron chi connectivity index (χ1n) is 11.2. The molecule has 0 saturated heterocycles. The van der Waals surface area contributed by atoms with E-state index in [9.17, 15) is 19.7 Å². The molecule has 182 valence electrons. The van der Waals surface area contributed by atoms with Crippen LogP contribution in [-0.4, -0.2) is 45.7 Å². The molecule has 0 radical (unpaired) electrons. The Morgan fingerprint density at radius 1 is 1.00 bits per heavy atom. The predicted octanol–water partition coefficient (Wildman–Crippen LogP) is 5.09. The molecular formula is C25H27N5O4S. The summed E-state index contributed by atoms with van der Waals surface area (Å²) in [4.78, 5) is 39.7. The third kappa shape index (κ3) is 4.88. The van der Waals surface area contributed by atoms with Crippen LogP contribution < -0.4 is 10.6 Å². The molecule has 2 aromatic carbocycles. The number of nitro groups is 1. The standard InChI is InChI=1S/C25H27N5O4S/c1-25(2)13-19-21(20(31)14-25)22(29(4)24(32)28(19)3)15-5-7-16(8-6-15)26-23(35)27-17-9-11-18(12-10-17)30(33)34/h5-12,22H,13-14H2,1-4H3,(H2,26,27,35). The second kappa shape index (κ2) is 9.10. The summed E-state index contributed by atoms with van der Waals surface area (Å²) in [5, 5.41) is 17.2. The molecular weight excluding hydrogens is 466 g/mol. The van der Waals surface area contributed by atoms with Crippen LogP contribution >= 0.6 is 12.2 Å². The Bertz CT molecular complexity index is 1240. The lowest BCUT2D eigenvalue weighted by atomic mass is 9.72. The number of urea groups is 1. The molecule has 0 bridgehead atoms. The van der Waals surface area contributed by atoms with E-state index in [1.54, 1.807) is 36.0 Å². The zero-order chi connectivity index (χ0) is 25.5. The van der Waals surface area contributed by atoms with Crippen LogP contribution in [0.4, 0.5) is 21.9 Å². The molecule has 2 aliphatic rings. The van der Waals surface area contributed by atoms with Gasteiger partial charge in [0.25, 0.3) is 5.69 Å². The highest BCUT2D eigenvalue weighted by atomic mass is 32.1. The molecule has 1 heterocycles.